The fourth-order valence-corrected chi connectivity index (χ4v) is 3.85. The van der Waals surface area contributed by atoms with E-state index in [4.69, 9.17) is 0 Å². The molecule has 2 rings (SSSR count). The van der Waals surface area contributed by atoms with Crippen LogP contribution in [0.3, 0.4) is 0 Å². The third kappa shape index (κ3) is 4.33. The smallest absolute Gasteiger partial charge is 0.321 e. The lowest BCUT2D eigenvalue weighted by molar-refractivity contribution is -0.139. The number of benzene rings is 1. The molecule has 0 unspecified atom stereocenters. The molecule has 1 aromatic carbocycles. The Kier molecular flexibility index (Phi) is 5.61. The first kappa shape index (κ1) is 18.4. The zero-order valence-corrected chi connectivity index (χ0v) is 14.5. The Morgan fingerprint density at radius 3 is 2.38 bits per heavy atom. The highest BCUT2D eigenvalue weighted by molar-refractivity contribution is 7.89. The van der Waals surface area contributed by atoms with Crippen LogP contribution in [-0.4, -0.2) is 38.0 Å². The van der Waals surface area contributed by atoms with Crippen molar-refractivity contribution in [2.75, 3.05) is 11.4 Å². The number of nitrogens with zero attached hydrogens (tertiary/aromatic N) is 1. The molecule has 0 aliphatic carbocycles. The normalized spacial score (nSPS) is 16.6. The number of nitrogens with one attached hydrogen (secondary N) is 1. The van der Waals surface area contributed by atoms with Crippen LogP contribution in [0.4, 0.5) is 5.69 Å². The molecule has 7 nitrogen and oxygen atoms in total. The van der Waals surface area contributed by atoms with E-state index in [1.165, 1.54) is 12.1 Å². The van der Waals surface area contributed by atoms with E-state index in [0.717, 1.165) is 6.42 Å². The van der Waals surface area contributed by atoms with Crippen molar-refractivity contribution in [3.8, 4) is 0 Å². The van der Waals surface area contributed by atoms with E-state index in [1.54, 1.807) is 17.0 Å². The van der Waals surface area contributed by atoms with Gasteiger partial charge in [0.2, 0.25) is 15.9 Å². The standard InChI is InChI=1S/C16H22N2O5S/c1-11(2)10-14(16(20)21)17-24(22,23)13-7-5-12(6-8-13)18-9-3-4-15(18)19/h5-8,11,14,17H,3-4,9-10H2,1-2H3,(H,20,21)/t14-/m0/s1. The van der Waals surface area contributed by atoms with E-state index in [9.17, 15) is 23.1 Å². The van der Waals surface area contributed by atoms with Gasteiger partial charge in [0.05, 0.1) is 4.90 Å². The molecule has 0 saturated carbocycles. The van der Waals surface area contributed by atoms with E-state index in [0.29, 0.717) is 18.7 Å². The summed E-state index contributed by atoms with van der Waals surface area (Å²) in [6, 6.07) is 4.73. The fraction of sp³-hybridized carbons (Fsp3) is 0.500. The minimum absolute atomic E-state index is 0.0200. The number of carboxylic acids is 1. The number of carbonyl (C=O) groups excluding carboxylic acids is 1. The van der Waals surface area contributed by atoms with Crippen LogP contribution in [0, 0.1) is 5.92 Å². The van der Waals surface area contributed by atoms with Gasteiger partial charge in [-0.15, -0.1) is 0 Å². The van der Waals surface area contributed by atoms with Crippen LogP contribution in [0.1, 0.15) is 33.1 Å². The largest absolute Gasteiger partial charge is 0.480 e. The lowest BCUT2D eigenvalue weighted by atomic mass is 10.1. The average molecular weight is 354 g/mol. The quantitative estimate of drug-likeness (QED) is 0.774. The van der Waals surface area contributed by atoms with E-state index in [2.05, 4.69) is 4.72 Å². The summed E-state index contributed by atoms with van der Waals surface area (Å²) in [7, 11) is -3.94. The second kappa shape index (κ2) is 7.31. The summed E-state index contributed by atoms with van der Waals surface area (Å²) >= 11 is 0. The van der Waals surface area contributed by atoms with Crippen LogP contribution in [-0.2, 0) is 19.6 Å². The van der Waals surface area contributed by atoms with Gasteiger partial charge in [0.25, 0.3) is 0 Å². The van der Waals surface area contributed by atoms with Crippen molar-refractivity contribution in [1.29, 1.82) is 0 Å². The monoisotopic (exact) mass is 354 g/mol. The molecular formula is C16H22N2O5S. The second-order valence-corrected chi connectivity index (χ2v) is 8.00. The number of sulfonamides is 1. The predicted molar refractivity (Wildman–Crippen MR) is 89.2 cm³/mol. The first-order valence-electron chi connectivity index (χ1n) is 7.86. The molecule has 1 aliphatic rings. The van der Waals surface area contributed by atoms with Gasteiger partial charge in [0.1, 0.15) is 6.04 Å². The molecule has 1 aromatic rings. The van der Waals surface area contributed by atoms with Crippen LogP contribution in [0.25, 0.3) is 0 Å². The van der Waals surface area contributed by atoms with Gasteiger partial charge in [0.15, 0.2) is 0 Å². The number of rotatable bonds is 7. The molecule has 1 saturated heterocycles. The minimum Gasteiger partial charge on any atom is -0.480 e. The molecule has 24 heavy (non-hydrogen) atoms. The molecule has 1 heterocycles. The number of hydrogen-bond acceptors (Lipinski definition) is 4. The Hall–Kier alpha value is -1.93. The zero-order chi connectivity index (χ0) is 17.9. The number of carboxylic acid groups (broad SMARTS) is 1. The van der Waals surface area contributed by atoms with Gasteiger partial charge in [-0.05, 0) is 43.0 Å². The van der Waals surface area contributed by atoms with Crippen molar-refractivity contribution in [3.05, 3.63) is 24.3 Å². The van der Waals surface area contributed by atoms with Crippen LogP contribution in [0.15, 0.2) is 29.2 Å². The Balaban J connectivity index is 2.16. The topological polar surface area (TPSA) is 104 Å². The SMILES string of the molecule is CC(C)C[C@H](NS(=O)(=O)c1ccc(N2CCCC2=O)cc1)C(=O)O. The molecular weight excluding hydrogens is 332 g/mol. The maximum atomic E-state index is 12.4. The fourth-order valence-electron chi connectivity index (χ4n) is 2.65. The Labute approximate surface area is 141 Å². The number of hydrogen-bond donors (Lipinski definition) is 2. The van der Waals surface area contributed by atoms with Crippen molar-refractivity contribution in [1.82, 2.24) is 4.72 Å². The molecule has 0 radical (unpaired) electrons. The van der Waals surface area contributed by atoms with Crippen LogP contribution >= 0.6 is 0 Å². The molecule has 0 bridgehead atoms. The van der Waals surface area contributed by atoms with Crippen LogP contribution < -0.4 is 9.62 Å². The lowest BCUT2D eigenvalue weighted by Crippen LogP contribution is -2.41. The summed E-state index contributed by atoms with van der Waals surface area (Å²) in [6.07, 6.45) is 1.49. The van der Waals surface area contributed by atoms with Gasteiger partial charge in [-0.3, -0.25) is 9.59 Å². The molecule has 8 heteroatoms. The van der Waals surface area contributed by atoms with Gasteiger partial charge in [-0.25, -0.2) is 8.42 Å². The van der Waals surface area contributed by atoms with Gasteiger partial charge < -0.3 is 10.0 Å². The summed E-state index contributed by atoms with van der Waals surface area (Å²) in [4.78, 5) is 24.5. The molecule has 1 amide bonds. The average Bonchev–Trinajstić information content (AvgIpc) is 2.92. The maximum Gasteiger partial charge on any atom is 0.321 e. The predicted octanol–water partition coefficient (Wildman–Crippen LogP) is 1.59. The number of anilines is 1. The van der Waals surface area contributed by atoms with Crippen LogP contribution in [0.5, 0.6) is 0 Å². The van der Waals surface area contributed by atoms with Crippen molar-refractivity contribution < 1.29 is 23.1 Å². The highest BCUT2D eigenvalue weighted by Crippen LogP contribution is 2.23. The molecule has 0 spiro atoms. The Bertz CT molecular complexity index is 712. The van der Waals surface area contributed by atoms with Gasteiger partial charge >= 0.3 is 5.97 Å². The summed E-state index contributed by atoms with van der Waals surface area (Å²) in [5.74, 6) is -1.14. The van der Waals surface area contributed by atoms with Gasteiger partial charge in [0, 0.05) is 18.7 Å². The van der Waals surface area contributed by atoms with Crippen LogP contribution in [0.2, 0.25) is 0 Å². The highest BCUT2D eigenvalue weighted by Gasteiger charge is 2.27. The van der Waals surface area contributed by atoms with E-state index < -0.39 is 22.0 Å². The third-order valence-electron chi connectivity index (χ3n) is 3.83. The lowest BCUT2D eigenvalue weighted by Gasteiger charge is -2.18. The number of aliphatic carboxylic acids is 1. The van der Waals surface area contributed by atoms with E-state index in [-0.39, 0.29) is 23.1 Å². The second-order valence-electron chi connectivity index (χ2n) is 6.28. The highest BCUT2D eigenvalue weighted by atomic mass is 32.2. The van der Waals surface area contributed by atoms with Crippen molar-refractivity contribution in [2.45, 2.75) is 44.0 Å². The van der Waals surface area contributed by atoms with Gasteiger partial charge in [-0.2, -0.15) is 4.72 Å². The third-order valence-corrected chi connectivity index (χ3v) is 5.32. The molecule has 1 fully saturated rings. The van der Waals surface area contributed by atoms with E-state index in [1.807, 2.05) is 13.8 Å². The Morgan fingerprint density at radius 2 is 1.92 bits per heavy atom. The molecule has 1 atom stereocenters. The molecule has 132 valence electrons. The van der Waals surface area contributed by atoms with Crippen molar-refractivity contribution >= 4 is 27.6 Å². The zero-order valence-electron chi connectivity index (χ0n) is 13.7. The first-order chi connectivity index (χ1) is 11.2. The summed E-state index contributed by atoms with van der Waals surface area (Å²) in [6.45, 7) is 4.27. The Morgan fingerprint density at radius 1 is 1.29 bits per heavy atom. The van der Waals surface area contributed by atoms with E-state index >= 15 is 0 Å². The summed E-state index contributed by atoms with van der Waals surface area (Å²) in [5, 5.41) is 9.18. The van der Waals surface area contributed by atoms with Gasteiger partial charge in [-0.1, -0.05) is 13.8 Å². The molecule has 2 N–H and O–H groups in total. The number of carbonyl (C=O) groups is 2. The maximum absolute atomic E-state index is 12.4. The first-order valence-corrected chi connectivity index (χ1v) is 9.34. The summed E-state index contributed by atoms with van der Waals surface area (Å²) < 4.78 is 27.0. The summed E-state index contributed by atoms with van der Waals surface area (Å²) in [5.41, 5.74) is 0.647. The van der Waals surface area contributed by atoms with Crippen molar-refractivity contribution in [2.24, 2.45) is 5.92 Å². The van der Waals surface area contributed by atoms with Crippen molar-refractivity contribution in [3.63, 3.8) is 0 Å². The molecule has 1 aliphatic heterocycles. The number of amides is 1. The molecule has 0 aromatic heterocycles. The minimum atomic E-state index is -3.94.